The number of hydrogen-bond acceptors (Lipinski definition) is 6. The lowest BCUT2D eigenvalue weighted by atomic mass is 10.2. The standard InChI is InChI=1S/C21H24F5N3O2S/c1-2-3-8-27-20-19(32-12(28-20)11-29-9-6-4-5-7-10-29)21(30)31-18-16(25)14(23)13(22)15(24)17(18)26/h27H,2-11H2,1H3. The van der Waals surface area contributed by atoms with Crippen LogP contribution in [0, 0.1) is 29.1 Å². The van der Waals surface area contributed by atoms with Gasteiger partial charge in [-0.05, 0) is 32.4 Å². The first-order valence-corrected chi connectivity index (χ1v) is 11.3. The van der Waals surface area contributed by atoms with Crippen molar-refractivity contribution in [3.8, 4) is 5.75 Å². The first-order chi connectivity index (χ1) is 15.3. The Kier molecular flexibility index (Phi) is 8.41. The summed E-state index contributed by atoms with van der Waals surface area (Å²) in [6.07, 6.45) is 6.08. The zero-order valence-corrected chi connectivity index (χ0v) is 18.4. The van der Waals surface area contributed by atoms with Crippen LogP contribution in [0.3, 0.4) is 0 Å². The highest BCUT2D eigenvalue weighted by Gasteiger charge is 2.30. The molecule has 0 amide bonds. The van der Waals surface area contributed by atoms with Crippen LogP contribution in [-0.4, -0.2) is 35.5 Å². The number of anilines is 1. The monoisotopic (exact) mass is 477 g/mol. The maximum atomic E-state index is 13.9. The number of unbranched alkanes of at least 4 members (excludes halogenated alkanes) is 1. The lowest BCUT2D eigenvalue weighted by Gasteiger charge is -2.17. The molecule has 1 aromatic heterocycles. The van der Waals surface area contributed by atoms with Crippen molar-refractivity contribution < 1.29 is 31.5 Å². The van der Waals surface area contributed by atoms with Gasteiger partial charge < -0.3 is 10.1 Å². The maximum Gasteiger partial charge on any atom is 0.357 e. The zero-order chi connectivity index (χ0) is 23.3. The highest BCUT2D eigenvalue weighted by atomic mass is 32.1. The topological polar surface area (TPSA) is 54.5 Å². The SMILES string of the molecule is CCCCNc1nc(CN2CCCCCC2)sc1C(=O)Oc1c(F)c(F)c(F)c(F)c1F. The fraction of sp³-hybridized carbons (Fsp3) is 0.524. The van der Waals surface area contributed by atoms with Crippen LogP contribution in [0.25, 0.3) is 0 Å². The first kappa shape index (κ1) is 24.4. The first-order valence-electron chi connectivity index (χ1n) is 10.5. The van der Waals surface area contributed by atoms with Crippen LogP contribution in [-0.2, 0) is 6.54 Å². The van der Waals surface area contributed by atoms with Gasteiger partial charge >= 0.3 is 5.97 Å². The summed E-state index contributed by atoms with van der Waals surface area (Å²) in [6.45, 7) is 4.74. The van der Waals surface area contributed by atoms with E-state index in [1.54, 1.807) is 0 Å². The molecule has 1 fully saturated rings. The summed E-state index contributed by atoms with van der Waals surface area (Å²) >= 11 is 0.972. The average Bonchev–Trinajstić information content (AvgIpc) is 3.00. The Bertz CT molecular complexity index is 932. The number of benzene rings is 1. The van der Waals surface area contributed by atoms with Gasteiger partial charge in [-0.15, -0.1) is 11.3 Å². The molecule has 32 heavy (non-hydrogen) atoms. The Morgan fingerprint density at radius 2 is 1.59 bits per heavy atom. The molecule has 0 unspecified atom stereocenters. The molecule has 0 aliphatic carbocycles. The van der Waals surface area contributed by atoms with E-state index in [1.807, 2.05) is 6.92 Å². The van der Waals surface area contributed by atoms with Crippen LogP contribution < -0.4 is 10.1 Å². The van der Waals surface area contributed by atoms with Crippen molar-refractivity contribution in [3.63, 3.8) is 0 Å². The van der Waals surface area contributed by atoms with E-state index in [2.05, 4.69) is 19.9 Å². The third-order valence-electron chi connectivity index (χ3n) is 5.10. The highest BCUT2D eigenvalue weighted by molar-refractivity contribution is 7.14. The van der Waals surface area contributed by atoms with Gasteiger partial charge in [0, 0.05) is 6.54 Å². The number of ether oxygens (including phenoxy) is 1. The number of carbonyl (C=O) groups excluding carboxylic acids is 1. The van der Waals surface area contributed by atoms with Crippen LogP contribution in [0.4, 0.5) is 27.8 Å². The maximum absolute atomic E-state index is 13.9. The molecule has 0 spiro atoms. The molecular formula is C21H24F5N3O2S. The number of likely N-dealkylation sites (tertiary alicyclic amines) is 1. The number of nitrogens with zero attached hydrogens (tertiary/aromatic N) is 2. The van der Waals surface area contributed by atoms with E-state index in [0.717, 1.165) is 63.0 Å². The molecule has 0 radical (unpaired) electrons. The number of rotatable bonds is 8. The minimum Gasteiger partial charge on any atom is -0.416 e. The van der Waals surface area contributed by atoms with Crippen LogP contribution >= 0.6 is 11.3 Å². The Labute approximate surface area is 186 Å². The van der Waals surface area contributed by atoms with Gasteiger partial charge in [0.15, 0.2) is 10.7 Å². The lowest BCUT2D eigenvalue weighted by molar-refractivity contribution is 0.0722. The predicted molar refractivity (Wildman–Crippen MR) is 110 cm³/mol. The number of aromatic nitrogens is 1. The molecule has 1 saturated heterocycles. The summed E-state index contributed by atoms with van der Waals surface area (Å²) in [5, 5.41) is 3.59. The zero-order valence-electron chi connectivity index (χ0n) is 17.6. The van der Waals surface area contributed by atoms with Crippen LogP contribution in [0.15, 0.2) is 0 Å². The van der Waals surface area contributed by atoms with E-state index < -0.39 is 40.8 Å². The quantitative estimate of drug-likeness (QED) is 0.133. The summed E-state index contributed by atoms with van der Waals surface area (Å²) in [4.78, 5) is 19.2. The molecule has 176 valence electrons. The van der Waals surface area contributed by atoms with Crippen molar-refractivity contribution in [2.45, 2.75) is 52.0 Å². The smallest absolute Gasteiger partial charge is 0.357 e. The predicted octanol–water partition coefficient (Wildman–Crippen LogP) is 5.65. The van der Waals surface area contributed by atoms with Gasteiger partial charge in [-0.25, -0.2) is 22.9 Å². The van der Waals surface area contributed by atoms with E-state index >= 15 is 0 Å². The molecule has 0 saturated carbocycles. The van der Waals surface area contributed by atoms with Gasteiger partial charge in [0.1, 0.15) is 5.01 Å². The molecule has 5 nitrogen and oxygen atoms in total. The van der Waals surface area contributed by atoms with Gasteiger partial charge in [-0.1, -0.05) is 26.2 Å². The van der Waals surface area contributed by atoms with Crippen molar-refractivity contribution in [1.82, 2.24) is 9.88 Å². The molecule has 11 heteroatoms. The van der Waals surface area contributed by atoms with Gasteiger partial charge in [0.25, 0.3) is 0 Å². The molecule has 2 aromatic rings. The van der Waals surface area contributed by atoms with Crippen molar-refractivity contribution >= 4 is 23.1 Å². The summed E-state index contributed by atoms with van der Waals surface area (Å²) < 4.78 is 72.7. The summed E-state index contributed by atoms with van der Waals surface area (Å²) in [5.41, 5.74) is 0. The number of thiazole rings is 1. The Morgan fingerprint density at radius 1 is 1.00 bits per heavy atom. The molecule has 3 rings (SSSR count). The third kappa shape index (κ3) is 5.55. The van der Waals surface area contributed by atoms with Gasteiger partial charge in [-0.2, -0.15) is 8.78 Å². The summed E-state index contributed by atoms with van der Waals surface area (Å²) in [6, 6.07) is 0. The lowest BCUT2D eigenvalue weighted by Crippen LogP contribution is -2.23. The minimum absolute atomic E-state index is 0.0881. The number of hydrogen-bond donors (Lipinski definition) is 1. The molecular weight excluding hydrogens is 453 g/mol. The second-order valence-corrected chi connectivity index (χ2v) is 8.63. The van der Waals surface area contributed by atoms with Crippen molar-refractivity contribution in [2.24, 2.45) is 0 Å². The van der Waals surface area contributed by atoms with Crippen molar-refractivity contribution in [2.75, 3.05) is 25.0 Å². The van der Waals surface area contributed by atoms with E-state index in [1.165, 1.54) is 0 Å². The molecule has 0 atom stereocenters. The molecule has 2 heterocycles. The second-order valence-electron chi connectivity index (χ2n) is 7.54. The fourth-order valence-electron chi connectivity index (χ4n) is 3.37. The summed E-state index contributed by atoms with van der Waals surface area (Å²) in [5.74, 6) is -13.8. The van der Waals surface area contributed by atoms with Crippen LogP contribution in [0.2, 0.25) is 0 Å². The number of nitrogens with one attached hydrogen (secondary N) is 1. The van der Waals surface area contributed by atoms with E-state index in [9.17, 15) is 26.7 Å². The van der Waals surface area contributed by atoms with Crippen LogP contribution in [0.5, 0.6) is 5.75 Å². The Morgan fingerprint density at radius 3 is 2.19 bits per heavy atom. The largest absolute Gasteiger partial charge is 0.416 e. The normalized spacial score (nSPS) is 14.9. The van der Waals surface area contributed by atoms with E-state index in [4.69, 9.17) is 0 Å². The molecule has 1 aromatic carbocycles. The van der Waals surface area contributed by atoms with Gasteiger partial charge in [-0.3, -0.25) is 4.90 Å². The molecule has 0 bridgehead atoms. The van der Waals surface area contributed by atoms with Crippen molar-refractivity contribution in [1.29, 1.82) is 0 Å². The minimum atomic E-state index is -2.32. The number of halogens is 5. The molecule has 1 aliphatic rings. The number of carbonyl (C=O) groups is 1. The van der Waals surface area contributed by atoms with Crippen molar-refractivity contribution in [3.05, 3.63) is 39.0 Å². The fourth-order valence-corrected chi connectivity index (χ4v) is 4.33. The van der Waals surface area contributed by atoms with Gasteiger partial charge in [0.05, 0.1) is 6.54 Å². The Balaban J connectivity index is 1.86. The summed E-state index contributed by atoms with van der Waals surface area (Å²) in [7, 11) is 0. The highest BCUT2D eigenvalue weighted by Crippen LogP contribution is 2.32. The third-order valence-corrected chi connectivity index (χ3v) is 6.12. The van der Waals surface area contributed by atoms with E-state index in [-0.39, 0.29) is 10.7 Å². The second kappa shape index (κ2) is 11.0. The van der Waals surface area contributed by atoms with E-state index in [0.29, 0.717) is 18.1 Å². The Hall–Kier alpha value is -2.27. The molecule has 1 N–H and O–H groups in total. The number of esters is 1. The average molecular weight is 477 g/mol. The van der Waals surface area contributed by atoms with Gasteiger partial charge in [0.2, 0.25) is 34.8 Å². The van der Waals surface area contributed by atoms with Crippen LogP contribution in [0.1, 0.15) is 60.1 Å². The molecule has 1 aliphatic heterocycles.